The van der Waals surface area contributed by atoms with Crippen molar-refractivity contribution in [3.63, 3.8) is 0 Å². The molecule has 0 aliphatic rings. The molecule has 0 saturated heterocycles. The van der Waals surface area contributed by atoms with Crippen LogP contribution in [0.5, 0.6) is 0 Å². The number of rotatable bonds is 8. The van der Waals surface area contributed by atoms with Crippen LogP contribution < -0.4 is 16.4 Å². The summed E-state index contributed by atoms with van der Waals surface area (Å²) >= 11 is 3.81. The smallest absolute Gasteiger partial charge is 0.305 e. The molecule has 9 heteroatoms. The summed E-state index contributed by atoms with van der Waals surface area (Å²) in [5.41, 5.74) is 5.34. The van der Waals surface area contributed by atoms with Crippen molar-refractivity contribution in [2.45, 2.75) is 18.5 Å². The van der Waals surface area contributed by atoms with Crippen LogP contribution in [0.2, 0.25) is 0 Å². The van der Waals surface area contributed by atoms with E-state index in [9.17, 15) is 19.2 Å². The van der Waals surface area contributed by atoms with E-state index in [1.165, 1.54) is 0 Å². The molecular weight excluding hydrogens is 262 g/mol. The second-order valence-corrected chi connectivity index (χ2v) is 3.78. The summed E-state index contributed by atoms with van der Waals surface area (Å²) in [6, 6.07) is -1.95. The molecule has 0 aromatic rings. The molecule has 0 aromatic heterocycles. The van der Waals surface area contributed by atoms with E-state index in [1.54, 1.807) is 0 Å². The molecule has 18 heavy (non-hydrogen) atoms. The quantitative estimate of drug-likeness (QED) is 0.246. The highest BCUT2D eigenvalue weighted by Gasteiger charge is 2.16. The number of nitrogens with two attached hydrogens (primary N) is 1. The van der Waals surface area contributed by atoms with E-state index in [1.807, 2.05) is 0 Å². The molecule has 0 spiro atoms. The second kappa shape index (κ2) is 8.48. The maximum Gasteiger partial charge on any atom is 0.305 e. The molecule has 0 saturated carbocycles. The number of aliphatic carboxylic acids is 1. The van der Waals surface area contributed by atoms with Gasteiger partial charge in [0.05, 0.1) is 25.0 Å². The zero-order chi connectivity index (χ0) is 14.1. The lowest BCUT2D eigenvalue weighted by Gasteiger charge is -2.12. The third-order valence-corrected chi connectivity index (χ3v) is 2.26. The number of nitrogens with one attached hydrogen (secondary N) is 2. The van der Waals surface area contributed by atoms with Crippen molar-refractivity contribution in [1.82, 2.24) is 10.6 Å². The Kier molecular flexibility index (Phi) is 7.72. The van der Waals surface area contributed by atoms with Crippen molar-refractivity contribution in [1.29, 1.82) is 0 Å². The Bertz CT molecular complexity index is 336. The van der Waals surface area contributed by atoms with Gasteiger partial charge in [-0.25, -0.2) is 0 Å². The molecule has 102 valence electrons. The van der Waals surface area contributed by atoms with Crippen LogP contribution in [0.15, 0.2) is 0 Å². The minimum Gasteiger partial charge on any atom is -0.481 e. The minimum absolute atomic E-state index is 0.128. The molecule has 0 aliphatic carbocycles. The van der Waals surface area contributed by atoms with E-state index in [2.05, 4.69) is 23.3 Å². The predicted octanol–water partition coefficient (Wildman–Crippen LogP) is -2.48. The summed E-state index contributed by atoms with van der Waals surface area (Å²) in [6.07, 6.45) is -0.202. The minimum atomic E-state index is -1.21. The molecule has 8 nitrogen and oxygen atoms in total. The Morgan fingerprint density at radius 3 is 2.44 bits per heavy atom. The third kappa shape index (κ3) is 6.86. The Balaban J connectivity index is 4.06. The van der Waals surface area contributed by atoms with Gasteiger partial charge in [0.15, 0.2) is 0 Å². The molecule has 5 N–H and O–H groups in total. The molecule has 0 fully saturated rings. The largest absolute Gasteiger partial charge is 0.481 e. The molecular formula is C9H15N3O5S. The number of carboxylic acids is 1. The van der Waals surface area contributed by atoms with E-state index in [0.717, 1.165) is 0 Å². The van der Waals surface area contributed by atoms with Crippen molar-refractivity contribution in [3.8, 4) is 0 Å². The van der Waals surface area contributed by atoms with Gasteiger partial charge in [0.2, 0.25) is 11.8 Å². The topological polar surface area (TPSA) is 139 Å². The Labute approximate surface area is 109 Å². The standard InChI is InChI=1S/C9H15N3O5S/c10-6(4-18)9(17)11-2-7(14)12-5(3-13)1-8(15)16/h3,5-6,18H,1-2,4,10H2,(H,11,17)(H,12,14)(H,15,16)/t5-,6-/m0/s1. The van der Waals surface area contributed by atoms with Crippen molar-refractivity contribution < 1.29 is 24.3 Å². The van der Waals surface area contributed by atoms with E-state index in [4.69, 9.17) is 10.8 Å². The molecule has 0 bridgehead atoms. The van der Waals surface area contributed by atoms with Crippen LogP contribution in [0, 0.1) is 0 Å². The van der Waals surface area contributed by atoms with Gasteiger partial charge in [-0.15, -0.1) is 0 Å². The van der Waals surface area contributed by atoms with Gasteiger partial charge in [-0.3, -0.25) is 14.4 Å². The van der Waals surface area contributed by atoms with Crippen LogP contribution in [0.3, 0.4) is 0 Å². The van der Waals surface area contributed by atoms with Crippen LogP contribution in [0.25, 0.3) is 0 Å². The number of carbonyl (C=O) groups is 4. The number of hydrogen-bond acceptors (Lipinski definition) is 6. The van der Waals surface area contributed by atoms with Gasteiger partial charge in [-0.05, 0) is 0 Å². The number of thiol groups is 1. The van der Waals surface area contributed by atoms with Gasteiger partial charge in [-0.1, -0.05) is 0 Å². The first kappa shape index (κ1) is 16.4. The highest BCUT2D eigenvalue weighted by atomic mass is 32.1. The SMILES string of the molecule is N[C@@H](CS)C(=O)NCC(=O)N[C@H](C=O)CC(=O)O. The molecule has 0 aromatic carbocycles. The lowest BCUT2D eigenvalue weighted by atomic mass is 10.2. The number of carbonyl (C=O) groups excluding carboxylic acids is 3. The number of aldehydes is 1. The first-order valence-electron chi connectivity index (χ1n) is 5.01. The lowest BCUT2D eigenvalue weighted by molar-refractivity contribution is -0.139. The summed E-state index contributed by atoms with van der Waals surface area (Å²) in [7, 11) is 0. The molecule has 0 aliphatic heterocycles. The maximum atomic E-state index is 11.3. The number of carboxylic acid groups (broad SMARTS) is 1. The zero-order valence-corrected chi connectivity index (χ0v) is 10.4. The first-order valence-corrected chi connectivity index (χ1v) is 5.64. The molecule has 0 heterocycles. The van der Waals surface area contributed by atoms with Gasteiger partial charge >= 0.3 is 5.97 Å². The normalized spacial score (nSPS) is 13.2. The van der Waals surface area contributed by atoms with Gasteiger partial charge < -0.3 is 26.3 Å². The van der Waals surface area contributed by atoms with Gasteiger partial charge in [0, 0.05) is 5.75 Å². The fourth-order valence-electron chi connectivity index (χ4n) is 0.961. The maximum absolute atomic E-state index is 11.3. The van der Waals surface area contributed by atoms with Gasteiger partial charge in [0.25, 0.3) is 0 Å². The zero-order valence-electron chi connectivity index (χ0n) is 9.46. The van der Waals surface area contributed by atoms with E-state index >= 15 is 0 Å². The third-order valence-electron chi connectivity index (χ3n) is 1.86. The van der Waals surface area contributed by atoms with Crippen LogP contribution in [-0.2, 0) is 19.2 Å². The van der Waals surface area contributed by atoms with Crippen molar-refractivity contribution in [2.24, 2.45) is 5.73 Å². The summed E-state index contributed by atoms with van der Waals surface area (Å²) in [6.45, 7) is -0.385. The summed E-state index contributed by atoms with van der Waals surface area (Å²) in [4.78, 5) is 43.3. The van der Waals surface area contributed by atoms with Crippen molar-refractivity contribution in [2.75, 3.05) is 12.3 Å². The number of amides is 2. The molecule has 0 radical (unpaired) electrons. The summed E-state index contributed by atoms with van der Waals surface area (Å²) < 4.78 is 0. The fourth-order valence-corrected chi connectivity index (χ4v) is 1.13. The molecule has 0 rings (SSSR count). The van der Waals surface area contributed by atoms with Crippen LogP contribution >= 0.6 is 12.6 Å². The highest BCUT2D eigenvalue weighted by molar-refractivity contribution is 7.80. The second-order valence-electron chi connectivity index (χ2n) is 3.41. The molecule has 2 amide bonds. The van der Waals surface area contributed by atoms with Crippen LogP contribution in [0.4, 0.5) is 0 Å². The fraction of sp³-hybridized carbons (Fsp3) is 0.556. The molecule has 0 unspecified atom stereocenters. The highest BCUT2D eigenvalue weighted by Crippen LogP contribution is 1.88. The van der Waals surface area contributed by atoms with E-state index in [-0.39, 0.29) is 12.3 Å². The van der Waals surface area contributed by atoms with Crippen LogP contribution in [-0.4, -0.2) is 53.6 Å². The Hall–Kier alpha value is -1.61. The van der Waals surface area contributed by atoms with Crippen molar-refractivity contribution >= 4 is 36.7 Å². The monoisotopic (exact) mass is 277 g/mol. The lowest BCUT2D eigenvalue weighted by Crippen LogP contribution is -2.48. The summed E-state index contributed by atoms with van der Waals surface area (Å²) in [5, 5.41) is 12.8. The van der Waals surface area contributed by atoms with Crippen molar-refractivity contribution in [3.05, 3.63) is 0 Å². The van der Waals surface area contributed by atoms with Gasteiger partial charge in [-0.2, -0.15) is 12.6 Å². The van der Waals surface area contributed by atoms with Gasteiger partial charge in [0.1, 0.15) is 6.29 Å². The molecule has 2 atom stereocenters. The van der Waals surface area contributed by atoms with E-state index in [0.29, 0.717) is 6.29 Å². The average Bonchev–Trinajstić information content (AvgIpc) is 2.33. The summed E-state index contributed by atoms with van der Waals surface area (Å²) in [5.74, 6) is -2.31. The predicted molar refractivity (Wildman–Crippen MR) is 65.1 cm³/mol. The van der Waals surface area contributed by atoms with E-state index < -0.39 is 36.3 Å². The first-order chi connectivity index (χ1) is 8.40. The Morgan fingerprint density at radius 1 is 1.39 bits per heavy atom. The number of hydrogen-bond donors (Lipinski definition) is 5. The Morgan fingerprint density at radius 2 is 2.00 bits per heavy atom. The van der Waals surface area contributed by atoms with Crippen LogP contribution in [0.1, 0.15) is 6.42 Å². The average molecular weight is 277 g/mol.